The number of hydrogen-bond acceptors (Lipinski definition) is 1. The molecule has 0 fully saturated rings. The molecule has 66 valence electrons. The van der Waals surface area contributed by atoms with Crippen molar-refractivity contribution in [3.63, 3.8) is 0 Å². The minimum Gasteiger partial charge on any atom is -0.398 e. The topological polar surface area (TPSA) is 26.0 Å². The molecule has 0 saturated heterocycles. The lowest BCUT2D eigenvalue weighted by molar-refractivity contribution is 1.66. The van der Waals surface area contributed by atoms with Gasteiger partial charge >= 0.3 is 0 Å². The largest absolute Gasteiger partial charge is 0.398 e. The Kier molecular flexibility index (Phi) is 2.47. The summed E-state index contributed by atoms with van der Waals surface area (Å²) in [6.45, 7) is 0. The van der Waals surface area contributed by atoms with Crippen LogP contribution in [0.1, 0.15) is 0 Å². The fraction of sp³-hybridized carbons (Fsp3) is 0. The molecule has 0 aliphatic heterocycles. The van der Waals surface area contributed by atoms with Crippen LogP contribution < -0.4 is 5.73 Å². The normalized spacial score (nSPS) is 10.6. The maximum absolute atomic E-state index is 5.80. The molecule has 0 aliphatic rings. The Labute approximate surface area is 98.6 Å². The summed E-state index contributed by atoms with van der Waals surface area (Å²) in [7, 11) is 0. The first-order valence-electron chi connectivity index (χ1n) is 3.82. The number of halogens is 2. The first-order chi connectivity index (χ1) is 6.18. The van der Waals surface area contributed by atoms with Crippen LogP contribution in [0.2, 0.25) is 0 Å². The molecule has 0 amide bonds. The highest BCUT2D eigenvalue weighted by Gasteiger charge is 2.01. The molecule has 0 spiro atoms. The molecule has 0 atom stereocenters. The van der Waals surface area contributed by atoms with Crippen LogP contribution in [0, 0.1) is 3.57 Å². The van der Waals surface area contributed by atoms with Crippen molar-refractivity contribution in [3.8, 4) is 0 Å². The minimum absolute atomic E-state index is 0.843. The van der Waals surface area contributed by atoms with Gasteiger partial charge in [0.1, 0.15) is 0 Å². The molecule has 0 bridgehead atoms. The highest BCUT2D eigenvalue weighted by Crippen LogP contribution is 2.27. The highest BCUT2D eigenvalue weighted by molar-refractivity contribution is 14.1. The smallest absolute Gasteiger partial charge is 0.0456 e. The van der Waals surface area contributed by atoms with Gasteiger partial charge in [0.2, 0.25) is 0 Å². The summed E-state index contributed by atoms with van der Waals surface area (Å²) in [5, 5.41) is 2.43. The van der Waals surface area contributed by atoms with E-state index in [1.165, 1.54) is 10.8 Å². The van der Waals surface area contributed by atoms with E-state index in [0.717, 1.165) is 13.7 Å². The predicted octanol–water partition coefficient (Wildman–Crippen LogP) is 3.79. The molecule has 2 aromatic carbocycles. The quantitative estimate of drug-likeness (QED) is 0.569. The summed E-state index contributed by atoms with van der Waals surface area (Å²) in [6.07, 6.45) is 0. The Hall–Kier alpha value is -0.290. The number of anilines is 1. The summed E-state index contributed by atoms with van der Waals surface area (Å²) in [5.74, 6) is 0. The van der Waals surface area contributed by atoms with E-state index in [4.69, 9.17) is 5.73 Å². The lowest BCUT2D eigenvalue weighted by atomic mass is 10.1. The van der Waals surface area contributed by atoms with E-state index in [9.17, 15) is 0 Å². The molecule has 2 aromatic rings. The zero-order chi connectivity index (χ0) is 9.42. The van der Waals surface area contributed by atoms with E-state index in [-0.39, 0.29) is 0 Å². The van der Waals surface area contributed by atoms with Gasteiger partial charge in [-0.05, 0) is 51.6 Å². The van der Waals surface area contributed by atoms with Crippen LogP contribution in [0.4, 0.5) is 5.69 Å². The molecule has 0 unspecified atom stereocenters. The van der Waals surface area contributed by atoms with Crippen molar-refractivity contribution < 1.29 is 0 Å². The number of fused-ring (bicyclic) bond motifs is 1. The first-order valence-corrected chi connectivity index (χ1v) is 5.69. The SMILES string of the molecule is Nc1ccc2cc(Br)ccc2c1I. The number of rotatable bonds is 0. The van der Waals surface area contributed by atoms with Gasteiger partial charge < -0.3 is 5.73 Å². The Morgan fingerprint density at radius 2 is 1.92 bits per heavy atom. The maximum Gasteiger partial charge on any atom is 0.0456 e. The van der Waals surface area contributed by atoms with Crippen LogP contribution in [0.3, 0.4) is 0 Å². The van der Waals surface area contributed by atoms with Gasteiger partial charge in [0, 0.05) is 13.7 Å². The zero-order valence-corrected chi connectivity index (χ0v) is 10.5. The van der Waals surface area contributed by atoms with Gasteiger partial charge in [0.05, 0.1) is 0 Å². The molecule has 0 heterocycles. The Morgan fingerprint density at radius 3 is 2.69 bits per heavy atom. The van der Waals surface area contributed by atoms with Crippen molar-refractivity contribution in [2.24, 2.45) is 0 Å². The monoisotopic (exact) mass is 347 g/mol. The second kappa shape index (κ2) is 3.46. The Balaban J connectivity index is 2.87. The van der Waals surface area contributed by atoms with Gasteiger partial charge in [-0.15, -0.1) is 0 Å². The van der Waals surface area contributed by atoms with E-state index in [1.54, 1.807) is 0 Å². The van der Waals surface area contributed by atoms with Crippen LogP contribution in [0.5, 0.6) is 0 Å². The molecule has 0 saturated carbocycles. The number of nitrogen functional groups attached to an aromatic ring is 1. The minimum atomic E-state index is 0.843. The predicted molar refractivity (Wildman–Crippen MR) is 68.8 cm³/mol. The van der Waals surface area contributed by atoms with Gasteiger partial charge in [-0.1, -0.05) is 28.1 Å². The van der Waals surface area contributed by atoms with Gasteiger partial charge in [-0.25, -0.2) is 0 Å². The summed E-state index contributed by atoms with van der Waals surface area (Å²) >= 11 is 5.72. The van der Waals surface area contributed by atoms with Crippen molar-refractivity contribution in [3.05, 3.63) is 38.4 Å². The standard InChI is InChI=1S/C10H7BrIN/c11-7-2-3-8-6(5-7)1-4-9(13)10(8)12/h1-5H,13H2. The molecule has 0 aromatic heterocycles. The molecular weight excluding hydrogens is 341 g/mol. The Bertz CT molecular complexity index is 468. The lowest BCUT2D eigenvalue weighted by Gasteiger charge is -2.03. The lowest BCUT2D eigenvalue weighted by Crippen LogP contribution is -1.89. The number of benzene rings is 2. The zero-order valence-electron chi connectivity index (χ0n) is 6.72. The molecule has 0 aliphatic carbocycles. The van der Waals surface area contributed by atoms with E-state index < -0.39 is 0 Å². The van der Waals surface area contributed by atoms with Gasteiger partial charge in [0.15, 0.2) is 0 Å². The van der Waals surface area contributed by atoms with E-state index in [2.05, 4.69) is 50.7 Å². The molecule has 2 rings (SSSR count). The fourth-order valence-electron chi connectivity index (χ4n) is 1.28. The highest BCUT2D eigenvalue weighted by atomic mass is 127. The van der Waals surface area contributed by atoms with Crippen molar-refractivity contribution in [1.82, 2.24) is 0 Å². The van der Waals surface area contributed by atoms with Crippen molar-refractivity contribution >= 4 is 55.0 Å². The molecule has 13 heavy (non-hydrogen) atoms. The van der Waals surface area contributed by atoms with Gasteiger partial charge in [-0.3, -0.25) is 0 Å². The average Bonchev–Trinajstić information content (AvgIpc) is 2.12. The van der Waals surface area contributed by atoms with Gasteiger partial charge in [-0.2, -0.15) is 0 Å². The molecule has 3 heteroatoms. The molecule has 1 nitrogen and oxygen atoms in total. The van der Waals surface area contributed by atoms with Crippen LogP contribution in [-0.4, -0.2) is 0 Å². The van der Waals surface area contributed by atoms with Crippen molar-refractivity contribution in [2.75, 3.05) is 5.73 Å². The van der Waals surface area contributed by atoms with Crippen LogP contribution in [0.25, 0.3) is 10.8 Å². The summed E-state index contributed by atoms with van der Waals surface area (Å²) < 4.78 is 2.23. The average molecular weight is 348 g/mol. The van der Waals surface area contributed by atoms with Crippen molar-refractivity contribution in [1.29, 1.82) is 0 Å². The van der Waals surface area contributed by atoms with E-state index in [1.807, 2.05) is 18.2 Å². The Morgan fingerprint density at radius 1 is 1.15 bits per heavy atom. The van der Waals surface area contributed by atoms with Crippen LogP contribution in [0.15, 0.2) is 34.8 Å². The third-order valence-electron chi connectivity index (χ3n) is 1.95. The first kappa shape index (κ1) is 9.27. The summed E-state index contributed by atoms with van der Waals surface area (Å²) in [6, 6.07) is 10.2. The third kappa shape index (κ3) is 1.67. The van der Waals surface area contributed by atoms with E-state index >= 15 is 0 Å². The summed E-state index contributed by atoms with van der Waals surface area (Å²) in [5.41, 5.74) is 6.65. The summed E-state index contributed by atoms with van der Waals surface area (Å²) in [4.78, 5) is 0. The fourth-order valence-corrected chi connectivity index (χ4v) is 2.33. The second-order valence-corrected chi connectivity index (χ2v) is 4.83. The second-order valence-electron chi connectivity index (χ2n) is 2.83. The number of hydrogen-bond donors (Lipinski definition) is 1. The third-order valence-corrected chi connectivity index (χ3v) is 3.64. The number of nitrogens with two attached hydrogens (primary N) is 1. The van der Waals surface area contributed by atoms with Crippen molar-refractivity contribution in [2.45, 2.75) is 0 Å². The van der Waals surface area contributed by atoms with Crippen LogP contribution >= 0.6 is 38.5 Å². The van der Waals surface area contributed by atoms with Crippen LogP contribution in [-0.2, 0) is 0 Å². The maximum atomic E-state index is 5.80. The molecular formula is C10H7BrIN. The van der Waals surface area contributed by atoms with Gasteiger partial charge in [0.25, 0.3) is 0 Å². The van der Waals surface area contributed by atoms with E-state index in [0.29, 0.717) is 0 Å². The molecule has 2 N–H and O–H groups in total. The molecule has 0 radical (unpaired) electrons.